The molecule has 0 spiro atoms. The van der Waals surface area contributed by atoms with Gasteiger partial charge in [-0.05, 0) is 47.5 Å². The number of benzene rings is 3. The predicted octanol–water partition coefficient (Wildman–Crippen LogP) is 3.19. The van der Waals surface area contributed by atoms with Crippen LogP contribution in [0.25, 0.3) is 11.1 Å². The van der Waals surface area contributed by atoms with Crippen molar-refractivity contribution in [3.8, 4) is 16.9 Å². The van der Waals surface area contributed by atoms with Crippen LogP contribution < -0.4 is 16.0 Å². The quantitative estimate of drug-likeness (QED) is 0.286. The van der Waals surface area contributed by atoms with Gasteiger partial charge in [-0.2, -0.15) is 0 Å². The Morgan fingerprint density at radius 1 is 0.711 bits per heavy atom. The minimum atomic E-state index is -0.342. The number of hydrogen-bond acceptors (Lipinski definition) is 6. The van der Waals surface area contributed by atoms with E-state index in [2.05, 4.69) is 20.9 Å². The average Bonchev–Trinajstić information content (AvgIpc) is 3.40. The van der Waals surface area contributed by atoms with Crippen LogP contribution in [0.3, 0.4) is 0 Å². The van der Waals surface area contributed by atoms with Gasteiger partial charge in [-0.25, -0.2) is 0 Å². The Kier molecular flexibility index (Phi) is 7.24. The Bertz CT molecular complexity index is 1460. The maximum absolute atomic E-state index is 13.2. The molecule has 2 amide bonds. The van der Waals surface area contributed by atoms with Gasteiger partial charge in [0.1, 0.15) is 5.75 Å². The Morgan fingerprint density at radius 3 is 1.92 bits per heavy atom. The van der Waals surface area contributed by atoms with Crippen LogP contribution in [0.1, 0.15) is 36.6 Å². The van der Waals surface area contributed by atoms with Gasteiger partial charge in [-0.3, -0.25) is 19.4 Å². The second kappa shape index (κ2) is 11.1. The van der Waals surface area contributed by atoms with E-state index >= 15 is 0 Å². The standard InChI is InChI=1S/C30H26N4O4/c35-27-11-10-23(19-4-2-1-3-5-19)16-24(27)28(36)20-6-8-21(9-7-20)29(37)33-25-17-32-18-26(25)34-30(38)22-12-14-31-15-13-22/h1-16,25-26,32,35H,17-18H2,(H,33,37)(H,34,38)/t25-,26-/m1/s1. The number of nitrogens with zero attached hydrogens (tertiary/aromatic N) is 1. The molecule has 1 fully saturated rings. The molecule has 2 heterocycles. The van der Waals surface area contributed by atoms with Crippen molar-refractivity contribution < 1.29 is 19.5 Å². The molecule has 0 bridgehead atoms. The number of aromatic nitrogens is 1. The number of carbonyl (C=O) groups is 3. The highest BCUT2D eigenvalue weighted by atomic mass is 16.3. The van der Waals surface area contributed by atoms with Gasteiger partial charge in [-0.15, -0.1) is 0 Å². The summed E-state index contributed by atoms with van der Waals surface area (Å²) in [4.78, 5) is 42.5. The van der Waals surface area contributed by atoms with Gasteiger partial charge in [0, 0.05) is 42.2 Å². The van der Waals surface area contributed by atoms with E-state index < -0.39 is 0 Å². The van der Waals surface area contributed by atoms with Crippen molar-refractivity contribution in [1.82, 2.24) is 20.9 Å². The second-order valence-corrected chi connectivity index (χ2v) is 9.06. The van der Waals surface area contributed by atoms with Crippen LogP contribution in [0.5, 0.6) is 5.75 Å². The molecule has 1 aromatic heterocycles. The summed E-state index contributed by atoms with van der Waals surface area (Å²) < 4.78 is 0. The van der Waals surface area contributed by atoms with Crippen molar-refractivity contribution in [1.29, 1.82) is 0 Å². The molecule has 3 aromatic carbocycles. The monoisotopic (exact) mass is 506 g/mol. The summed E-state index contributed by atoms with van der Waals surface area (Å²) >= 11 is 0. The molecule has 0 radical (unpaired) electrons. The lowest BCUT2D eigenvalue weighted by atomic mass is 9.96. The molecule has 190 valence electrons. The minimum Gasteiger partial charge on any atom is -0.507 e. The van der Waals surface area contributed by atoms with Crippen LogP contribution in [-0.2, 0) is 0 Å². The van der Waals surface area contributed by atoms with Crippen LogP contribution in [0.15, 0.2) is 97.3 Å². The molecule has 0 unspecified atom stereocenters. The molecule has 0 saturated carbocycles. The number of hydrogen-bond donors (Lipinski definition) is 4. The molecule has 2 atom stereocenters. The number of amides is 2. The summed E-state index contributed by atoms with van der Waals surface area (Å²) in [7, 11) is 0. The second-order valence-electron chi connectivity index (χ2n) is 9.06. The molecule has 1 aliphatic rings. The summed E-state index contributed by atoms with van der Waals surface area (Å²) in [5.41, 5.74) is 3.18. The Labute approximate surface area is 219 Å². The maximum Gasteiger partial charge on any atom is 0.251 e. The third-order valence-corrected chi connectivity index (χ3v) is 6.55. The first-order chi connectivity index (χ1) is 18.5. The molecule has 1 aliphatic heterocycles. The zero-order chi connectivity index (χ0) is 26.5. The third-order valence-electron chi connectivity index (χ3n) is 6.55. The molecule has 0 aliphatic carbocycles. The van der Waals surface area contributed by atoms with Crippen LogP contribution in [0.2, 0.25) is 0 Å². The molecular formula is C30H26N4O4. The van der Waals surface area contributed by atoms with Crippen LogP contribution in [-0.4, -0.2) is 52.9 Å². The van der Waals surface area contributed by atoms with Gasteiger partial charge in [0.2, 0.25) is 0 Å². The number of ketones is 1. The molecule has 8 nitrogen and oxygen atoms in total. The van der Waals surface area contributed by atoms with Crippen LogP contribution in [0.4, 0.5) is 0 Å². The van der Waals surface area contributed by atoms with E-state index in [9.17, 15) is 19.5 Å². The lowest BCUT2D eigenvalue weighted by Gasteiger charge is -2.21. The third kappa shape index (κ3) is 5.45. The Hall–Kier alpha value is -4.82. The number of phenols is 1. The fourth-order valence-electron chi connectivity index (χ4n) is 4.45. The van der Waals surface area contributed by atoms with Gasteiger partial charge in [0.15, 0.2) is 5.78 Å². The maximum atomic E-state index is 13.2. The van der Waals surface area contributed by atoms with E-state index in [0.717, 1.165) is 11.1 Å². The van der Waals surface area contributed by atoms with Crippen molar-refractivity contribution >= 4 is 17.6 Å². The number of aromatic hydroxyl groups is 1. The highest BCUT2D eigenvalue weighted by molar-refractivity contribution is 6.11. The SMILES string of the molecule is O=C(N[C@@H]1CNC[C@H]1NC(=O)c1ccc(C(=O)c2cc(-c3ccccc3)ccc2O)cc1)c1ccncc1. The van der Waals surface area contributed by atoms with E-state index in [1.807, 2.05) is 30.3 Å². The zero-order valence-corrected chi connectivity index (χ0v) is 20.4. The summed E-state index contributed by atoms with van der Waals surface area (Å²) in [5.74, 6) is -0.992. The first kappa shape index (κ1) is 24.9. The zero-order valence-electron chi connectivity index (χ0n) is 20.4. The first-order valence-electron chi connectivity index (χ1n) is 12.3. The first-order valence-corrected chi connectivity index (χ1v) is 12.3. The summed E-state index contributed by atoms with van der Waals surface area (Å²) in [6, 6.07) is 23.5. The minimum absolute atomic E-state index is 0.106. The van der Waals surface area contributed by atoms with E-state index in [0.29, 0.717) is 29.8 Å². The van der Waals surface area contributed by atoms with E-state index in [1.54, 1.807) is 60.9 Å². The molecule has 4 aromatic rings. The fourth-order valence-corrected chi connectivity index (χ4v) is 4.45. The number of carbonyl (C=O) groups excluding carboxylic acids is 3. The Balaban J connectivity index is 1.25. The van der Waals surface area contributed by atoms with Crippen molar-refractivity contribution in [2.75, 3.05) is 13.1 Å². The average molecular weight is 507 g/mol. The van der Waals surface area contributed by atoms with Gasteiger partial charge in [0.05, 0.1) is 17.6 Å². The molecule has 1 saturated heterocycles. The number of rotatable bonds is 7. The van der Waals surface area contributed by atoms with E-state index in [4.69, 9.17) is 0 Å². The van der Waals surface area contributed by atoms with E-state index in [1.165, 1.54) is 6.07 Å². The lowest BCUT2D eigenvalue weighted by Crippen LogP contribution is -2.51. The highest BCUT2D eigenvalue weighted by Crippen LogP contribution is 2.28. The lowest BCUT2D eigenvalue weighted by molar-refractivity contribution is 0.0896. The number of phenolic OH excluding ortho intramolecular Hbond substituents is 1. The van der Waals surface area contributed by atoms with E-state index in [-0.39, 0.29) is 41.0 Å². The topological polar surface area (TPSA) is 120 Å². The highest BCUT2D eigenvalue weighted by Gasteiger charge is 2.30. The number of nitrogens with one attached hydrogen (secondary N) is 3. The van der Waals surface area contributed by atoms with Gasteiger partial charge < -0.3 is 21.1 Å². The summed E-state index contributed by atoms with van der Waals surface area (Å²) in [6.07, 6.45) is 3.10. The van der Waals surface area contributed by atoms with Gasteiger partial charge in [0.25, 0.3) is 11.8 Å². The molecule has 8 heteroatoms. The van der Waals surface area contributed by atoms with Crippen molar-refractivity contribution in [2.24, 2.45) is 0 Å². The molecule has 4 N–H and O–H groups in total. The van der Waals surface area contributed by atoms with Crippen LogP contribution in [0, 0.1) is 0 Å². The van der Waals surface area contributed by atoms with Gasteiger partial charge >= 0.3 is 0 Å². The van der Waals surface area contributed by atoms with Gasteiger partial charge in [-0.1, -0.05) is 48.5 Å². The summed E-state index contributed by atoms with van der Waals surface area (Å²) in [5, 5.41) is 19.5. The predicted molar refractivity (Wildman–Crippen MR) is 143 cm³/mol. The largest absolute Gasteiger partial charge is 0.507 e. The number of pyridine rings is 1. The van der Waals surface area contributed by atoms with Crippen molar-refractivity contribution in [3.05, 3.63) is 120 Å². The fraction of sp³-hybridized carbons (Fsp3) is 0.133. The molecule has 38 heavy (non-hydrogen) atoms. The van der Waals surface area contributed by atoms with Crippen molar-refractivity contribution in [2.45, 2.75) is 12.1 Å². The normalized spacial score (nSPS) is 16.5. The molecular weight excluding hydrogens is 480 g/mol. The van der Waals surface area contributed by atoms with Crippen molar-refractivity contribution in [3.63, 3.8) is 0 Å². The Morgan fingerprint density at radius 2 is 1.29 bits per heavy atom. The smallest absolute Gasteiger partial charge is 0.251 e. The molecule has 5 rings (SSSR count). The van der Waals surface area contributed by atoms with Crippen LogP contribution >= 0.6 is 0 Å². The summed E-state index contributed by atoms with van der Waals surface area (Å²) in [6.45, 7) is 1.04.